The van der Waals surface area contributed by atoms with Crippen molar-refractivity contribution in [3.63, 3.8) is 0 Å². The number of benzene rings is 1. The molecule has 0 radical (unpaired) electrons. The van der Waals surface area contributed by atoms with Crippen LogP contribution in [-0.2, 0) is 10.2 Å². The SMILES string of the molecule is CC(C)(C)c1ccc(C(=O)N2CCN(C(C)(C)C)C(=O)C2)cc1. The van der Waals surface area contributed by atoms with Crippen molar-refractivity contribution >= 4 is 11.8 Å². The quantitative estimate of drug-likeness (QED) is 0.799. The van der Waals surface area contributed by atoms with Crippen molar-refractivity contribution < 1.29 is 9.59 Å². The highest BCUT2D eigenvalue weighted by Gasteiger charge is 2.33. The van der Waals surface area contributed by atoms with E-state index in [1.165, 1.54) is 5.56 Å². The van der Waals surface area contributed by atoms with Crippen LogP contribution < -0.4 is 0 Å². The second-order valence-electron chi connectivity index (χ2n) is 8.27. The molecule has 2 amide bonds. The van der Waals surface area contributed by atoms with Crippen LogP contribution in [-0.4, -0.2) is 46.8 Å². The monoisotopic (exact) mass is 316 g/mol. The summed E-state index contributed by atoms with van der Waals surface area (Å²) in [5, 5.41) is 0. The summed E-state index contributed by atoms with van der Waals surface area (Å²) in [5.74, 6) is -0.0456. The van der Waals surface area contributed by atoms with Crippen molar-refractivity contribution in [2.45, 2.75) is 52.5 Å². The highest BCUT2D eigenvalue weighted by atomic mass is 16.2. The third kappa shape index (κ3) is 3.92. The van der Waals surface area contributed by atoms with Crippen LogP contribution in [0.3, 0.4) is 0 Å². The molecule has 4 heteroatoms. The van der Waals surface area contributed by atoms with Crippen LogP contribution >= 0.6 is 0 Å². The zero-order valence-electron chi connectivity index (χ0n) is 15.1. The van der Waals surface area contributed by atoms with Crippen LogP contribution in [0.1, 0.15) is 57.5 Å². The summed E-state index contributed by atoms with van der Waals surface area (Å²) >= 11 is 0. The molecule has 1 aromatic rings. The zero-order valence-corrected chi connectivity index (χ0v) is 15.1. The van der Waals surface area contributed by atoms with Crippen LogP contribution in [0, 0.1) is 0 Å². The number of carbonyl (C=O) groups is 2. The van der Waals surface area contributed by atoms with Gasteiger partial charge in [-0.3, -0.25) is 9.59 Å². The minimum atomic E-state index is -0.194. The first kappa shape index (κ1) is 17.5. The van der Waals surface area contributed by atoms with Gasteiger partial charge in [0.1, 0.15) is 6.54 Å². The Kier molecular flexibility index (Phi) is 4.56. The lowest BCUT2D eigenvalue weighted by molar-refractivity contribution is -0.140. The summed E-state index contributed by atoms with van der Waals surface area (Å²) in [6.07, 6.45) is 0. The Labute approximate surface area is 139 Å². The van der Waals surface area contributed by atoms with Gasteiger partial charge in [-0.05, 0) is 43.9 Å². The van der Waals surface area contributed by atoms with Gasteiger partial charge in [-0.15, -0.1) is 0 Å². The maximum atomic E-state index is 12.6. The average Bonchev–Trinajstić information content (AvgIpc) is 2.44. The average molecular weight is 316 g/mol. The molecule has 1 aliphatic heterocycles. The highest BCUT2D eigenvalue weighted by molar-refractivity contribution is 5.97. The van der Waals surface area contributed by atoms with Gasteiger partial charge in [0.15, 0.2) is 0 Å². The molecule has 0 spiro atoms. The summed E-state index contributed by atoms with van der Waals surface area (Å²) in [4.78, 5) is 28.4. The maximum absolute atomic E-state index is 12.6. The lowest BCUT2D eigenvalue weighted by atomic mass is 9.86. The van der Waals surface area contributed by atoms with Crippen LogP contribution in [0.15, 0.2) is 24.3 Å². The number of piperazine rings is 1. The van der Waals surface area contributed by atoms with E-state index in [4.69, 9.17) is 0 Å². The molecular formula is C19H28N2O2. The van der Waals surface area contributed by atoms with Gasteiger partial charge in [0, 0.05) is 24.2 Å². The van der Waals surface area contributed by atoms with E-state index in [0.717, 1.165) is 0 Å². The summed E-state index contributed by atoms with van der Waals surface area (Å²) < 4.78 is 0. The number of hydrogen-bond donors (Lipinski definition) is 0. The predicted molar refractivity (Wildman–Crippen MR) is 92.5 cm³/mol. The van der Waals surface area contributed by atoms with E-state index >= 15 is 0 Å². The van der Waals surface area contributed by atoms with Gasteiger partial charge < -0.3 is 9.80 Å². The lowest BCUT2D eigenvalue weighted by Crippen LogP contribution is -2.58. The maximum Gasteiger partial charge on any atom is 0.254 e. The molecule has 2 rings (SSSR count). The minimum Gasteiger partial charge on any atom is -0.335 e. The van der Waals surface area contributed by atoms with Crippen LogP contribution in [0.5, 0.6) is 0 Å². The summed E-state index contributed by atoms with van der Waals surface area (Å²) in [5.41, 5.74) is 1.72. The summed E-state index contributed by atoms with van der Waals surface area (Å²) in [6.45, 7) is 13.8. The molecule has 23 heavy (non-hydrogen) atoms. The Morgan fingerprint density at radius 3 is 1.96 bits per heavy atom. The smallest absolute Gasteiger partial charge is 0.254 e. The third-order valence-electron chi connectivity index (χ3n) is 4.32. The number of nitrogens with zero attached hydrogens (tertiary/aromatic N) is 2. The van der Waals surface area contributed by atoms with Crippen molar-refractivity contribution in [3.8, 4) is 0 Å². The van der Waals surface area contributed by atoms with Crippen LogP contribution in [0.4, 0.5) is 0 Å². The van der Waals surface area contributed by atoms with Gasteiger partial charge in [0.25, 0.3) is 5.91 Å². The van der Waals surface area contributed by atoms with Crippen molar-refractivity contribution in [1.29, 1.82) is 0 Å². The fourth-order valence-electron chi connectivity index (χ4n) is 2.85. The Bertz CT molecular complexity index is 591. The van der Waals surface area contributed by atoms with Gasteiger partial charge in [-0.2, -0.15) is 0 Å². The number of hydrogen-bond acceptors (Lipinski definition) is 2. The number of rotatable bonds is 1. The minimum absolute atomic E-state index is 0.0170. The number of carbonyl (C=O) groups excluding carboxylic acids is 2. The molecule has 1 heterocycles. The van der Waals surface area contributed by atoms with E-state index in [-0.39, 0.29) is 29.3 Å². The van der Waals surface area contributed by atoms with E-state index in [9.17, 15) is 9.59 Å². The fourth-order valence-corrected chi connectivity index (χ4v) is 2.85. The second-order valence-corrected chi connectivity index (χ2v) is 8.27. The topological polar surface area (TPSA) is 40.6 Å². The molecule has 0 aliphatic carbocycles. The van der Waals surface area contributed by atoms with Crippen LogP contribution in [0.25, 0.3) is 0 Å². The molecule has 0 aromatic heterocycles. The molecule has 0 unspecified atom stereocenters. The van der Waals surface area contributed by atoms with E-state index in [1.807, 2.05) is 49.9 Å². The molecule has 126 valence electrons. The Hall–Kier alpha value is -1.84. The van der Waals surface area contributed by atoms with Gasteiger partial charge in [-0.25, -0.2) is 0 Å². The van der Waals surface area contributed by atoms with Crippen molar-refractivity contribution in [3.05, 3.63) is 35.4 Å². The molecule has 1 aliphatic rings. The molecule has 1 saturated heterocycles. The Balaban J connectivity index is 2.09. The number of amides is 2. The van der Waals surface area contributed by atoms with Gasteiger partial charge in [0.05, 0.1) is 0 Å². The first-order chi connectivity index (χ1) is 10.5. The van der Waals surface area contributed by atoms with E-state index < -0.39 is 0 Å². The first-order valence-corrected chi connectivity index (χ1v) is 8.20. The summed E-state index contributed by atoms with van der Waals surface area (Å²) in [7, 11) is 0. The molecule has 0 N–H and O–H groups in total. The van der Waals surface area contributed by atoms with Gasteiger partial charge >= 0.3 is 0 Å². The van der Waals surface area contributed by atoms with Crippen molar-refractivity contribution in [1.82, 2.24) is 9.80 Å². The Morgan fingerprint density at radius 2 is 1.52 bits per heavy atom. The van der Waals surface area contributed by atoms with E-state index in [0.29, 0.717) is 18.7 Å². The van der Waals surface area contributed by atoms with E-state index in [1.54, 1.807) is 4.90 Å². The van der Waals surface area contributed by atoms with Crippen molar-refractivity contribution in [2.24, 2.45) is 0 Å². The zero-order chi connectivity index (χ0) is 17.4. The van der Waals surface area contributed by atoms with Gasteiger partial charge in [-0.1, -0.05) is 32.9 Å². The molecule has 4 nitrogen and oxygen atoms in total. The van der Waals surface area contributed by atoms with Crippen molar-refractivity contribution in [2.75, 3.05) is 19.6 Å². The first-order valence-electron chi connectivity index (χ1n) is 8.20. The Morgan fingerprint density at radius 1 is 0.957 bits per heavy atom. The van der Waals surface area contributed by atoms with Crippen LogP contribution in [0.2, 0.25) is 0 Å². The molecule has 0 atom stereocenters. The molecule has 1 aromatic carbocycles. The highest BCUT2D eigenvalue weighted by Crippen LogP contribution is 2.23. The molecule has 0 saturated carbocycles. The normalized spacial score (nSPS) is 16.7. The molecule has 1 fully saturated rings. The van der Waals surface area contributed by atoms with E-state index in [2.05, 4.69) is 20.8 Å². The van der Waals surface area contributed by atoms with Gasteiger partial charge in [0.2, 0.25) is 5.91 Å². The lowest BCUT2D eigenvalue weighted by Gasteiger charge is -2.42. The standard InChI is InChI=1S/C19H28N2O2/c1-18(2,3)15-9-7-14(8-10-15)17(23)20-11-12-21(16(22)13-20)19(4,5)6/h7-10H,11-13H2,1-6H3. The molecular weight excluding hydrogens is 288 g/mol. The summed E-state index contributed by atoms with van der Waals surface area (Å²) in [6, 6.07) is 7.73. The predicted octanol–water partition coefficient (Wildman–Crippen LogP) is 3.07. The fraction of sp³-hybridized carbons (Fsp3) is 0.579. The second kappa shape index (κ2) is 5.99. The molecule has 0 bridgehead atoms. The largest absolute Gasteiger partial charge is 0.335 e. The third-order valence-corrected chi connectivity index (χ3v) is 4.32.